The quantitative estimate of drug-likeness (QED) is 0.784. The van der Waals surface area contributed by atoms with Crippen LogP contribution in [0.2, 0.25) is 0 Å². The first kappa shape index (κ1) is 18.5. The zero-order valence-electron chi connectivity index (χ0n) is 12.0. The van der Waals surface area contributed by atoms with E-state index in [0.29, 0.717) is 24.7 Å². The van der Waals surface area contributed by atoms with Crippen molar-refractivity contribution in [3.8, 4) is 11.5 Å². The van der Waals surface area contributed by atoms with Gasteiger partial charge in [-0.1, -0.05) is 6.07 Å². The van der Waals surface area contributed by atoms with Gasteiger partial charge < -0.3 is 19.9 Å². The lowest BCUT2D eigenvalue weighted by atomic mass is 10.0. The standard InChI is InChI=1S/C14H21NO4.ClH/c1-4-18-13-8-10(6-7-12(13)17-3)11(15)9-14(16)19-5-2;/h6-8,11H,4-5,9,15H2,1-3H3;1H. The van der Waals surface area contributed by atoms with Gasteiger partial charge in [0.25, 0.3) is 0 Å². The number of halogens is 1. The van der Waals surface area contributed by atoms with E-state index in [1.165, 1.54) is 0 Å². The molecule has 0 saturated heterocycles. The number of esters is 1. The van der Waals surface area contributed by atoms with Crippen molar-refractivity contribution in [1.29, 1.82) is 0 Å². The van der Waals surface area contributed by atoms with Gasteiger partial charge in [0.15, 0.2) is 11.5 Å². The van der Waals surface area contributed by atoms with Gasteiger partial charge in [0, 0.05) is 6.04 Å². The van der Waals surface area contributed by atoms with Crippen LogP contribution in [0.4, 0.5) is 0 Å². The average molecular weight is 304 g/mol. The number of hydrogen-bond donors (Lipinski definition) is 1. The Morgan fingerprint density at radius 1 is 1.25 bits per heavy atom. The lowest BCUT2D eigenvalue weighted by molar-refractivity contribution is -0.143. The van der Waals surface area contributed by atoms with E-state index >= 15 is 0 Å². The summed E-state index contributed by atoms with van der Waals surface area (Å²) >= 11 is 0. The molecule has 0 aliphatic carbocycles. The van der Waals surface area contributed by atoms with Crippen molar-refractivity contribution in [1.82, 2.24) is 0 Å². The molecule has 1 atom stereocenters. The molecule has 0 saturated carbocycles. The van der Waals surface area contributed by atoms with Crippen LogP contribution in [-0.4, -0.2) is 26.3 Å². The minimum Gasteiger partial charge on any atom is -0.493 e. The number of nitrogens with two attached hydrogens (primary N) is 1. The zero-order chi connectivity index (χ0) is 14.3. The lowest BCUT2D eigenvalue weighted by Crippen LogP contribution is -2.17. The molecule has 0 radical (unpaired) electrons. The molecule has 1 aromatic carbocycles. The summed E-state index contributed by atoms with van der Waals surface area (Å²) in [6, 6.07) is 4.99. The third-order valence-corrected chi connectivity index (χ3v) is 2.61. The Labute approximate surface area is 125 Å². The van der Waals surface area contributed by atoms with Crippen molar-refractivity contribution < 1.29 is 19.0 Å². The van der Waals surface area contributed by atoms with E-state index in [-0.39, 0.29) is 24.8 Å². The summed E-state index contributed by atoms with van der Waals surface area (Å²) in [5.41, 5.74) is 6.80. The van der Waals surface area contributed by atoms with Gasteiger partial charge in [0.05, 0.1) is 26.7 Å². The fourth-order valence-electron chi connectivity index (χ4n) is 1.71. The lowest BCUT2D eigenvalue weighted by Gasteiger charge is -2.15. The van der Waals surface area contributed by atoms with Crippen LogP contribution in [0.3, 0.4) is 0 Å². The summed E-state index contributed by atoms with van der Waals surface area (Å²) in [4.78, 5) is 11.4. The number of carbonyl (C=O) groups excluding carboxylic acids is 1. The highest BCUT2D eigenvalue weighted by molar-refractivity contribution is 5.85. The van der Waals surface area contributed by atoms with Crippen LogP contribution >= 0.6 is 12.4 Å². The van der Waals surface area contributed by atoms with E-state index in [1.807, 2.05) is 13.0 Å². The number of rotatable bonds is 7. The number of carbonyl (C=O) groups is 1. The summed E-state index contributed by atoms with van der Waals surface area (Å²) in [6.45, 7) is 4.56. The predicted octanol–water partition coefficient (Wildman–Crippen LogP) is 2.47. The smallest absolute Gasteiger partial charge is 0.307 e. The highest BCUT2D eigenvalue weighted by atomic mass is 35.5. The molecule has 5 nitrogen and oxygen atoms in total. The SMILES string of the molecule is CCOC(=O)CC(N)c1ccc(OC)c(OCC)c1.Cl. The molecule has 114 valence electrons. The number of ether oxygens (including phenoxy) is 3. The summed E-state index contributed by atoms with van der Waals surface area (Å²) in [5.74, 6) is 0.972. The molecule has 2 N–H and O–H groups in total. The Kier molecular flexibility index (Phi) is 8.76. The van der Waals surface area contributed by atoms with Gasteiger partial charge in [-0.3, -0.25) is 4.79 Å². The molecule has 0 fully saturated rings. The van der Waals surface area contributed by atoms with Gasteiger partial charge in [0.1, 0.15) is 0 Å². The van der Waals surface area contributed by atoms with Crippen molar-refractivity contribution in [2.24, 2.45) is 5.73 Å². The molecule has 0 bridgehead atoms. The van der Waals surface area contributed by atoms with E-state index < -0.39 is 6.04 Å². The molecule has 20 heavy (non-hydrogen) atoms. The van der Waals surface area contributed by atoms with Gasteiger partial charge in [-0.25, -0.2) is 0 Å². The third-order valence-electron chi connectivity index (χ3n) is 2.61. The molecule has 0 heterocycles. The molecule has 0 aliphatic heterocycles. The maximum Gasteiger partial charge on any atom is 0.307 e. The molecular formula is C14H22ClNO4. The maximum absolute atomic E-state index is 11.4. The van der Waals surface area contributed by atoms with Crippen LogP contribution in [0.15, 0.2) is 18.2 Å². The summed E-state index contributed by atoms with van der Waals surface area (Å²) in [7, 11) is 1.58. The van der Waals surface area contributed by atoms with Crippen molar-refractivity contribution >= 4 is 18.4 Å². The van der Waals surface area contributed by atoms with Crippen LogP contribution in [0.1, 0.15) is 31.9 Å². The first-order chi connectivity index (χ1) is 9.12. The minimum atomic E-state index is -0.413. The maximum atomic E-state index is 11.4. The minimum absolute atomic E-state index is 0. The Balaban J connectivity index is 0.00000361. The van der Waals surface area contributed by atoms with E-state index in [0.717, 1.165) is 5.56 Å². The normalized spacial score (nSPS) is 11.2. The van der Waals surface area contributed by atoms with Gasteiger partial charge in [-0.05, 0) is 31.5 Å². The summed E-state index contributed by atoms with van der Waals surface area (Å²) in [5, 5.41) is 0. The second-order valence-corrected chi connectivity index (χ2v) is 3.96. The van der Waals surface area contributed by atoms with E-state index in [1.54, 1.807) is 26.2 Å². The number of benzene rings is 1. The first-order valence-electron chi connectivity index (χ1n) is 6.34. The van der Waals surface area contributed by atoms with Crippen LogP contribution in [0.5, 0.6) is 11.5 Å². The van der Waals surface area contributed by atoms with Crippen molar-refractivity contribution in [3.63, 3.8) is 0 Å². The zero-order valence-corrected chi connectivity index (χ0v) is 12.9. The summed E-state index contributed by atoms with van der Waals surface area (Å²) in [6.07, 6.45) is 0.145. The van der Waals surface area contributed by atoms with Crippen molar-refractivity contribution in [2.45, 2.75) is 26.3 Å². The summed E-state index contributed by atoms with van der Waals surface area (Å²) < 4.78 is 15.6. The van der Waals surface area contributed by atoms with Crippen LogP contribution < -0.4 is 15.2 Å². The Morgan fingerprint density at radius 3 is 2.50 bits per heavy atom. The largest absolute Gasteiger partial charge is 0.493 e. The molecule has 6 heteroatoms. The van der Waals surface area contributed by atoms with Gasteiger partial charge in [-0.15, -0.1) is 12.4 Å². The van der Waals surface area contributed by atoms with Gasteiger partial charge in [-0.2, -0.15) is 0 Å². The molecule has 0 aliphatic rings. The van der Waals surface area contributed by atoms with Crippen LogP contribution in [0.25, 0.3) is 0 Å². The average Bonchev–Trinajstić information content (AvgIpc) is 2.39. The van der Waals surface area contributed by atoms with Gasteiger partial charge >= 0.3 is 5.97 Å². The van der Waals surface area contributed by atoms with Gasteiger partial charge in [0.2, 0.25) is 0 Å². The molecule has 0 aromatic heterocycles. The monoisotopic (exact) mass is 303 g/mol. The van der Waals surface area contributed by atoms with Crippen molar-refractivity contribution in [2.75, 3.05) is 20.3 Å². The van der Waals surface area contributed by atoms with E-state index in [4.69, 9.17) is 19.9 Å². The Bertz CT molecular complexity index is 426. The molecule has 1 aromatic rings. The highest BCUT2D eigenvalue weighted by Gasteiger charge is 2.15. The number of hydrogen-bond acceptors (Lipinski definition) is 5. The fourth-order valence-corrected chi connectivity index (χ4v) is 1.71. The molecule has 0 amide bonds. The predicted molar refractivity (Wildman–Crippen MR) is 79.6 cm³/mol. The van der Waals surface area contributed by atoms with E-state index in [9.17, 15) is 4.79 Å². The topological polar surface area (TPSA) is 70.8 Å². The third kappa shape index (κ3) is 5.27. The molecular weight excluding hydrogens is 282 g/mol. The fraction of sp³-hybridized carbons (Fsp3) is 0.500. The first-order valence-corrected chi connectivity index (χ1v) is 6.34. The molecule has 0 spiro atoms. The highest BCUT2D eigenvalue weighted by Crippen LogP contribution is 2.30. The second-order valence-electron chi connectivity index (χ2n) is 3.96. The van der Waals surface area contributed by atoms with Crippen molar-refractivity contribution in [3.05, 3.63) is 23.8 Å². The second kappa shape index (κ2) is 9.44. The Hall–Kier alpha value is -1.46. The van der Waals surface area contributed by atoms with E-state index in [2.05, 4.69) is 0 Å². The molecule has 1 rings (SSSR count). The Morgan fingerprint density at radius 2 is 1.95 bits per heavy atom. The number of methoxy groups -OCH3 is 1. The molecule has 1 unspecified atom stereocenters. The van der Waals surface area contributed by atoms with Crippen LogP contribution in [-0.2, 0) is 9.53 Å². The van der Waals surface area contributed by atoms with Crippen LogP contribution in [0, 0.1) is 0 Å².